The number of anilines is 1. The van der Waals surface area contributed by atoms with Crippen LogP contribution in [0.3, 0.4) is 0 Å². The van der Waals surface area contributed by atoms with E-state index in [1.807, 2.05) is 58.0 Å². The molecule has 4 aromatic rings. The molecule has 1 atom stereocenters. The highest BCUT2D eigenvalue weighted by Gasteiger charge is 2.36. The molecule has 0 heterocycles. The minimum Gasteiger partial charge on any atom is -0.494 e. The summed E-state index contributed by atoms with van der Waals surface area (Å²) in [6.07, 6.45) is 0.115. The number of nitrogens with zero attached hydrogens (tertiary/aromatic N) is 2. The van der Waals surface area contributed by atoms with Crippen LogP contribution >= 0.6 is 23.2 Å². The number of nitrogens with one attached hydrogen (secondary N) is 1. The summed E-state index contributed by atoms with van der Waals surface area (Å²) in [4.78, 5) is 29.7. The molecule has 4 aromatic carbocycles. The molecule has 0 saturated carbocycles. The minimum atomic E-state index is -4.42. The van der Waals surface area contributed by atoms with Crippen molar-refractivity contribution in [3.05, 3.63) is 124 Å². The number of halogens is 3. The first kappa shape index (κ1) is 36.7. The number of amides is 2. The van der Waals surface area contributed by atoms with Crippen molar-refractivity contribution in [3.8, 4) is 5.75 Å². The fraction of sp³-hybridized carbons (Fsp3) is 0.278. The van der Waals surface area contributed by atoms with Crippen molar-refractivity contribution < 1.29 is 27.1 Å². The van der Waals surface area contributed by atoms with Gasteiger partial charge >= 0.3 is 0 Å². The second kappa shape index (κ2) is 15.9. The molecule has 1 unspecified atom stereocenters. The van der Waals surface area contributed by atoms with Gasteiger partial charge in [0.1, 0.15) is 24.2 Å². The van der Waals surface area contributed by atoms with Crippen molar-refractivity contribution in [2.24, 2.45) is 0 Å². The molecule has 0 aliphatic heterocycles. The van der Waals surface area contributed by atoms with Crippen LogP contribution in [0.1, 0.15) is 38.8 Å². The van der Waals surface area contributed by atoms with E-state index in [2.05, 4.69) is 5.32 Å². The molecule has 0 radical (unpaired) electrons. The smallest absolute Gasteiger partial charge is 0.264 e. The number of carbonyl (C=O) groups excluding carboxylic acids is 2. The Morgan fingerprint density at radius 2 is 1.48 bits per heavy atom. The summed E-state index contributed by atoms with van der Waals surface area (Å²) in [6, 6.07) is 23.5. The van der Waals surface area contributed by atoms with Crippen LogP contribution < -0.4 is 14.4 Å². The molecule has 0 aliphatic carbocycles. The van der Waals surface area contributed by atoms with Crippen LogP contribution in [-0.2, 0) is 32.6 Å². The number of hydrogen-bond acceptors (Lipinski definition) is 5. The summed E-state index contributed by atoms with van der Waals surface area (Å²) in [6.45, 7) is 6.79. The molecule has 12 heteroatoms. The molecule has 0 bridgehead atoms. The van der Waals surface area contributed by atoms with Crippen LogP contribution in [0, 0.1) is 5.82 Å². The molecule has 8 nitrogen and oxygen atoms in total. The Labute approximate surface area is 291 Å². The molecule has 1 N–H and O–H groups in total. The van der Waals surface area contributed by atoms with Crippen molar-refractivity contribution >= 4 is 50.7 Å². The van der Waals surface area contributed by atoms with Crippen LogP contribution in [0.4, 0.5) is 10.1 Å². The number of carbonyl (C=O) groups is 2. The van der Waals surface area contributed by atoms with Gasteiger partial charge in [0.2, 0.25) is 11.8 Å². The van der Waals surface area contributed by atoms with Crippen molar-refractivity contribution in [1.29, 1.82) is 0 Å². The summed E-state index contributed by atoms with van der Waals surface area (Å²) >= 11 is 13.1. The van der Waals surface area contributed by atoms with Crippen molar-refractivity contribution in [2.75, 3.05) is 17.5 Å². The third-order valence-corrected chi connectivity index (χ3v) is 9.77. The van der Waals surface area contributed by atoms with E-state index in [4.69, 9.17) is 27.9 Å². The molecule has 0 spiro atoms. The van der Waals surface area contributed by atoms with Gasteiger partial charge in [0.15, 0.2) is 0 Å². The lowest BCUT2D eigenvalue weighted by atomic mass is 10.0. The van der Waals surface area contributed by atoms with Gasteiger partial charge in [0.25, 0.3) is 10.0 Å². The standard InChI is InChI=1S/C36H38Cl2FN3O5S/c1-5-47-28-18-16-27(17-19-28)42(48(45,46)29-20-14-26(39)15-21-29)24-34(43)41(23-30-31(37)12-9-13-32(30)38)33(35(44)40-36(2,3)4)22-25-10-7-6-8-11-25/h6-21,33H,5,22-24H2,1-4H3,(H,40,44). The predicted octanol–water partition coefficient (Wildman–Crippen LogP) is 7.28. The van der Waals surface area contributed by atoms with Crippen LogP contribution in [0.25, 0.3) is 0 Å². The van der Waals surface area contributed by atoms with Gasteiger partial charge in [-0.25, -0.2) is 12.8 Å². The highest BCUT2D eigenvalue weighted by atomic mass is 35.5. The second-order valence-electron chi connectivity index (χ2n) is 12.1. The largest absolute Gasteiger partial charge is 0.494 e. The van der Waals surface area contributed by atoms with Crippen molar-refractivity contribution in [2.45, 2.75) is 57.1 Å². The summed E-state index contributed by atoms with van der Waals surface area (Å²) in [5.41, 5.74) is 0.676. The Kier molecular flexibility index (Phi) is 12.1. The number of hydrogen-bond donors (Lipinski definition) is 1. The average molecular weight is 715 g/mol. The Hall–Kier alpha value is -4.12. The molecule has 0 aromatic heterocycles. The van der Waals surface area contributed by atoms with Gasteiger partial charge in [-0.15, -0.1) is 0 Å². The Morgan fingerprint density at radius 1 is 0.875 bits per heavy atom. The maximum atomic E-state index is 14.6. The van der Waals surface area contributed by atoms with E-state index in [1.54, 1.807) is 30.3 Å². The highest BCUT2D eigenvalue weighted by Crippen LogP contribution is 2.30. The average Bonchev–Trinajstić information content (AvgIpc) is 3.03. The Bertz CT molecular complexity index is 1800. The zero-order valence-corrected chi connectivity index (χ0v) is 29.4. The maximum Gasteiger partial charge on any atom is 0.264 e. The Morgan fingerprint density at radius 3 is 2.04 bits per heavy atom. The quantitative estimate of drug-likeness (QED) is 0.157. The Balaban J connectivity index is 1.85. The minimum absolute atomic E-state index is 0.115. The van der Waals surface area contributed by atoms with E-state index in [-0.39, 0.29) is 33.6 Å². The summed E-state index contributed by atoms with van der Waals surface area (Å²) in [5, 5.41) is 3.52. The maximum absolute atomic E-state index is 14.6. The van der Waals surface area contributed by atoms with E-state index in [0.717, 1.165) is 34.1 Å². The van der Waals surface area contributed by atoms with Gasteiger partial charge in [-0.3, -0.25) is 13.9 Å². The van der Waals surface area contributed by atoms with Crippen LogP contribution in [-0.4, -0.2) is 49.9 Å². The highest BCUT2D eigenvalue weighted by molar-refractivity contribution is 7.92. The number of rotatable bonds is 13. The second-order valence-corrected chi connectivity index (χ2v) is 14.7. The lowest BCUT2D eigenvalue weighted by molar-refractivity contribution is -0.140. The summed E-state index contributed by atoms with van der Waals surface area (Å²) in [5.74, 6) is -1.26. The van der Waals surface area contributed by atoms with E-state index < -0.39 is 45.8 Å². The monoisotopic (exact) mass is 713 g/mol. The first-order chi connectivity index (χ1) is 22.7. The molecular weight excluding hydrogens is 676 g/mol. The zero-order valence-electron chi connectivity index (χ0n) is 27.1. The fourth-order valence-electron chi connectivity index (χ4n) is 5.00. The topological polar surface area (TPSA) is 96.0 Å². The zero-order chi connectivity index (χ0) is 35.1. The lowest BCUT2D eigenvalue weighted by Crippen LogP contribution is -2.56. The summed E-state index contributed by atoms with van der Waals surface area (Å²) < 4.78 is 48.6. The van der Waals surface area contributed by atoms with Gasteiger partial charge in [-0.2, -0.15) is 0 Å². The first-order valence-electron chi connectivity index (χ1n) is 15.3. The number of benzene rings is 4. The van der Waals surface area contributed by atoms with E-state index in [9.17, 15) is 22.4 Å². The third kappa shape index (κ3) is 9.49. The fourth-order valence-corrected chi connectivity index (χ4v) is 6.93. The van der Waals surface area contributed by atoms with Crippen LogP contribution in [0.5, 0.6) is 5.75 Å². The van der Waals surface area contributed by atoms with Crippen LogP contribution in [0.15, 0.2) is 102 Å². The molecule has 4 rings (SSSR count). The summed E-state index contributed by atoms with van der Waals surface area (Å²) in [7, 11) is -4.42. The van der Waals surface area contributed by atoms with Gasteiger partial charge in [0, 0.05) is 34.1 Å². The van der Waals surface area contributed by atoms with Crippen LogP contribution in [0.2, 0.25) is 10.0 Å². The predicted molar refractivity (Wildman–Crippen MR) is 187 cm³/mol. The van der Waals surface area contributed by atoms with Crippen molar-refractivity contribution in [1.82, 2.24) is 10.2 Å². The van der Waals surface area contributed by atoms with E-state index in [1.165, 1.54) is 17.0 Å². The number of sulfonamides is 1. The van der Waals surface area contributed by atoms with Crippen molar-refractivity contribution in [3.63, 3.8) is 0 Å². The molecular formula is C36H38Cl2FN3O5S. The molecule has 2 amide bonds. The molecule has 0 fully saturated rings. The molecule has 0 saturated heterocycles. The third-order valence-electron chi connectivity index (χ3n) is 7.28. The van der Waals surface area contributed by atoms with Gasteiger partial charge < -0.3 is 15.0 Å². The SMILES string of the molecule is CCOc1ccc(N(CC(=O)N(Cc2c(Cl)cccc2Cl)C(Cc2ccccc2)C(=O)NC(C)(C)C)S(=O)(=O)c2ccc(F)cc2)cc1. The van der Waals surface area contributed by atoms with Gasteiger partial charge in [-0.1, -0.05) is 59.6 Å². The molecule has 254 valence electrons. The lowest BCUT2D eigenvalue weighted by Gasteiger charge is -2.35. The van der Waals surface area contributed by atoms with Gasteiger partial charge in [-0.05, 0) is 93.9 Å². The number of ether oxygens (including phenoxy) is 1. The van der Waals surface area contributed by atoms with E-state index >= 15 is 0 Å². The first-order valence-corrected chi connectivity index (χ1v) is 17.5. The normalized spacial score (nSPS) is 12.2. The molecule has 0 aliphatic rings. The van der Waals surface area contributed by atoms with E-state index in [0.29, 0.717) is 17.9 Å². The van der Waals surface area contributed by atoms with Gasteiger partial charge in [0.05, 0.1) is 17.2 Å². The molecule has 48 heavy (non-hydrogen) atoms.